The van der Waals surface area contributed by atoms with Crippen LogP contribution in [0.4, 0.5) is 0 Å². The molecular formula is C35H50N2O8. The second-order valence-corrected chi connectivity index (χ2v) is 11.1. The van der Waals surface area contributed by atoms with Gasteiger partial charge in [-0.05, 0) is 74.4 Å². The molecule has 1 unspecified atom stereocenters. The summed E-state index contributed by atoms with van der Waals surface area (Å²) in [5.74, 6) is -0.927. The highest BCUT2D eigenvalue weighted by Crippen LogP contribution is 2.26. The molecule has 1 aromatic rings. The molecule has 248 valence electrons. The van der Waals surface area contributed by atoms with Gasteiger partial charge in [-0.3, -0.25) is 9.59 Å². The Kier molecular flexibility index (Phi) is 18.2. The average molecular weight is 627 g/mol. The smallest absolute Gasteiger partial charge is 0.338 e. The molecule has 0 saturated heterocycles. The number of oxime groups is 1. The van der Waals surface area contributed by atoms with Crippen LogP contribution in [0.3, 0.4) is 0 Å². The number of hydrogen-bond donors (Lipinski definition) is 3. The van der Waals surface area contributed by atoms with Crippen LogP contribution in [0.1, 0.15) is 93.6 Å². The number of ether oxygens (including phenoxy) is 2. The number of cyclic esters (lactones) is 1. The third kappa shape index (κ3) is 15.7. The van der Waals surface area contributed by atoms with Gasteiger partial charge in [-0.15, -0.1) is 0 Å². The van der Waals surface area contributed by atoms with E-state index < -0.39 is 12.1 Å². The van der Waals surface area contributed by atoms with E-state index in [0.29, 0.717) is 49.3 Å². The Labute approximate surface area is 267 Å². The molecule has 0 spiro atoms. The number of benzene rings is 1. The van der Waals surface area contributed by atoms with Crippen LogP contribution in [0.2, 0.25) is 0 Å². The Morgan fingerprint density at radius 2 is 1.98 bits per heavy atom. The zero-order valence-electron chi connectivity index (χ0n) is 27.0. The van der Waals surface area contributed by atoms with Gasteiger partial charge in [-0.1, -0.05) is 55.6 Å². The number of carbonyl (C=O) groups is 3. The van der Waals surface area contributed by atoms with Crippen molar-refractivity contribution < 1.29 is 38.9 Å². The largest absolute Gasteiger partial charge is 0.508 e. The molecule has 0 radical (unpaired) electrons. The zero-order valence-corrected chi connectivity index (χ0v) is 27.0. The zero-order chi connectivity index (χ0) is 32.9. The lowest BCUT2D eigenvalue weighted by Gasteiger charge is -2.18. The van der Waals surface area contributed by atoms with Gasteiger partial charge >= 0.3 is 5.97 Å². The van der Waals surface area contributed by atoms with Crippen LogP contribution in [-0.4, -0.2) is 72.2 Å². The van der Waals surface area contributed by atoms with E-state index in [2.05, 4.69) is 17.4 Å². The van der Waals surface area contributed by atoms with Crippen molar-refractivity contribution in [3.63, 3.8) is 0 Å². The van der Waals surface area contributed by atoms with Crippen molar-refractivity contribution in [2.45, 2.75) is 97.2 Å². The number of unbranched alkanes of at least 4 members (excludes halogenated alkanes) is 4. The summed E-state index contributed by atoms with van der Waals surface area (Å²) in [4.78, 5) is 42.3. The highest BCUT2D eigenvalue weighted by molar-refractivity contribution is 6.00. The number of nitrogens with zero attached hydrogens (tertiary/aromatic N) is 1. The van der Waals surface area contributed by atoms with E-state index in [4.69, 9.17) is 14.3 Å². The Balaban J connectivity index is 2.30. The molecule has 0 aromatic heterocycles. The minimum atomic E-state index is -0.569. The van der Waals surface area contributed by atoms with E-state index in [1.54, 1.807) is 13.0 Å². The van der Waals surface area contributed by atoms with Crippen LogP contribution in [0.5, 0.6) is 5.75 Å². The summed E-state index contributed by atoms with van der Waals surface area (Å²) in [5, 5.41) is 27.1. The molecule has 1 aromatic carbocycles. The van der Waals surface area contributed by atoms with Crippen LogP contribution in [0.15, 0.2) is 53.7 Å². The summed E-state index contributed by atoms with van der Waals surface area (Å²) in [6, 6.07) is 2.93. The minimum Gasteiger partial charge on any atom is -0.508 e. The Bertz CT molecular complexity index is 1200. The molecule has 1 aliphatic rings. The number of ketones is 1. The fourth-order valence-electron chi connectivity index (χ4n) is 4.74. The van der Waals surface area contributed by atoms with Gasteiger partial charge in [0.1, 0.15) is 11.9 Å². The van der Waals surface area contributed by atoms with Crippen molar-refractivity contribution in [2.75, 3.05) is 26.4 Å². The highest BCUT2D eigenvalue weighted by atomic mass is 16.6. The monoisotopic (exact) mass is 626 g/mol. The number of carbonyl (C=O) groups excluding carboxylic acids is 3. The minimum absolute atomic E-state index is 0.0571. The number of esters is 1. The first-order chi connectivity index (χ1) is 21.7. The number of fused-ring (bicyclic) bond motifs is 1. The van der Waals surface area contributed by atoms with E-state index >= 15 is 0 Å². The van der Waals surface area contributed by atoms with Gasteiger partial charge in [0.2, 0.25) is 5.91 Å². The lowest BCUT2D eigenvalue weighted by atomic mass is 9.94. The van der Waals surface area contributed by atoms with Crippen molar-refractivity contribution >= 4 is 23.4 Å². The molecule has 1 heterocycles. The molecule has 10 nitrogen and oxygen atoms in total. The summed E-state index contributed by atoms with van der Waals surface area (Å²) in [6.07, 6.45) is 17.3. The number of hydrogen-bond acceptors (Lipinski definition) is 9. The molecule has 10 heteroatoms. The van der Waals surface area contributed by atoms with Crippen molar-refractivity contribution in [1.82, 2.24) is 5.32 Å². The molecule has 1 amide bonds. The Morgan fingerprint density at radius 3 is 2.73 bits per heavy atom. The van der Waals surface area contributed by atoms with Crippen LogP contribution in [0, 0.1) is 0 Å². The van der Waals surface area contributed by atoms with Crippen LogP contribution >= 0.6 is 0 Å². The molecule has 2 atom stereocenters. The number of amides is 1. The molecule has 2 rings (SSSR count). The first kappa shape index (κ1) is 37.4. The van der Waals surface area contributed by atoms with Gasteiger partial charge in [0.25, 0.3) is 0 Å². The summed E-state index contributed by atoms with van der Waals surface area (Å²) < 4.78 is 11.8. The molecule has 0 saturated carbocycles. The first-order valence-electron chi connectivity index (χ1n) is 16.0. The number of aromatic hydroxyl groups is 1. The lowest BCUT2D eigenvalue weighted by molar-refractivity contribution is -0.119. The third-order valence-electron chi connectivity index (χ3n) is 6.99. The predicted octanol–water partition coefficient (Wildman–Crippen LogP) is 5.30. The fraction of sp³-hybridized carbons (Fsp3) is 0.543. The third-order valence-corrected chi connectivity index (χ3v) is 6.99. The van der Waals surface area contributed by atoms with Gasteiger partial charge in [0, 0.05) is 39.5 Å². The van der Waals surface area contributed by atoms with Crippen molar-refractivity contribution in [3.05, 3.63) is 65.3 Å². The number of aliphatic hydroxyl groups is 1. The van der Waals surface area contributed by atoms with Crippen molar-refractivity contribution in [2.24, 2.45) is 5.16 Å². The van der Waals surface area contributed by atoms with Crippen LogP contribution in [0.25, 0.3) is 0 Å². The number of phenolic OH excluding ortho intramolecular Hbond substituents is 1. The standard InChI is InChI=1S/C35H50N2O8/c1-4-5-6-7-8-9-15-31(40)25-44-37-30-14-11-17-33(43-21-12-19-36-27(3)39)16-10-13-26(2)45-35(42)34-28(18-20-38)23-32(41)24-29(34)22-30/h9-11,14-16,23-24,26,33,38,41H,4-8,12-13,17-22,25H2,1-3H3,(H,36,39)/b14-11+,15-9+,16-10+,37-30+/t26-,33?/m1/s1. The van der Waals surface area contributed by atoms with E-state index in [1.807, 2.05) is 24.3 Å². The average Bonchev–Trinajstić information content (AvgIpc) is 2.97. The van der Waals surface area contributed by atoms with Crippen molar-refractivity contribution in [3.8, 4) is 5.75 Å². The number of rotatable bonds is 16. The lowest BCUT2D eigenvalue weighted by Crippen LogP contribution is -2.23. The number of nitrogens with one attached hydrogen (secondary N) is 1. The molecule has 1 aliphatic heterocycles. The van der Waals surface area contributed by atoms with Gasteiger partial charge in [-0.2, -0.15) is 0 Å². The summed E-state index contributed by atoms with van der Waals surface area (Å²) in [7, 11) is 0. The number of aliphatic hydroxyl groups excluding tert-OH is 1. The number of allylic oxidation sites excluding steroid dienone is 2. The van der Waals surface area contributed by atoms with E-state index in [0.717, 1.165) is 25.7 Å². The topological polar surface area (TPSA) is 144 Å². The molecule has 0 fully saturated rings. The highest BCUT2D eigenvalue weighted by Gasteiger charge is 2.22. The maximum Gasteiger partial charge on any atom is 0.338 e. The van der Waals surface area contributed by atoms with E-state index in [9.17, 15) is 24.6 Å². The Morgan fingerprint density at radius 1 is 1.16 bits per heavy atom. The fourth-order valence-corrected chi connectivity index (χ4v) is 4.74. The van der Waals surface area contributed by atoms with Crippen LogP contribution in [-0.2, 0) is 36.7 Å². The first-order valence-corrected chi connectivity index (χ1v) is 16.0. The summed E-state index contributed by atoms with van der Waals surface area (Å²) in [5.41, 5.74) is 1.60. The second-order valence-electron chi connectivity index (χ2n) is 11.1. The maximum absolute atomic E-state index is 13.4. The molecule has 45 heavy (non-hydrogen) atoms. The molecule has 3 N–H and O–H groups in total. The molecular weight excluding hydrogens is 576 g/mol. The van der Waals surface area contributed by atoms with Crippen LogP contribution < -0.4 is 5.32 Å². The van der Waals surface area contributed by atoms with Gasteiger partial charge in [0.05, 0.1) is 17.4 Å². The summed E-state index contributed by atoms with van der Waals surface area (Å²) >= 11 is 0. The quantitative estimate of drug-likeness (QED) is 0.0737. The Hall–Kier alpha value is -3.76. The molecule has 0 bridgehead atoms. The van der Waals surface area contributed by atoms with Crippen molar-refractivity contribution in [1.29, 1.82) is 0 Å². The van der Waals surface area contributed by atoms with Gasteiger partial charge < -0.3 is 29.8 Å². The van der Waals surface area contributed by atoms with E-state index in [1.165, 1.54) is 31.6 Å². The maximum atomic E-state index is 13.4. The number of phenols is 1. The summed E-state index contributed by atoms with van der Waals surface area (Å²) in [6.45, 7) is 5.91. The van der Waals surface area contributed by atoms with E-state index in [-0.39, 0.29) is 55.2 Å². The van der Waals surface area contributed by atoms with Gasteiger partial charge in [-0.25, -0.2) is 4.79 Å². The normalized spacial score (nSPS) is 19.8. The molecule has 0 aliphatic carbocycles. The predicted molar refractivity (Wildman–Crippen MR) is 174 cm³/mol. The van der Waals surface area contributed by atoms with Gasteiger partial charge in [0.15, 0.2) is 12.4 Å². The second kappa shape index (κ2) is 21.9. The SMILES string of the molecule is CCCCCC/C=C/C(=O)CO/N=C1\C=C\CC(OCCCNC(C)=O)/C=C/C[C@@H](C)OC(=O)c2c(CCO)cc(O)cc2C1.